The summed E-state index contributed by atoms with van der Waals surface area (Å²) < 4.78 is 12.6. The summed E-state index contributed by atoms with van der Waals surface area (Å²) in [7, 11) is 0. The zero-order valence-electron chi connectivity index (χ0n) is 16.8. The largest absolute Gasteiger partial charge is 0.490 e. The third-order valence-corrected chi connectivity index (χ3v) is 4.88. The van der Waals surface area contributed by atoms with Crippen LogP contribution in [0.3, 0.4) is 0 Å². The minimum atomic E-state index is -0.309. The molecule has 1 aromatic heterocycles. The van der Waals surface area contributed by atoms with Crippen molar-refractivity contribution in [2.24, 2.45) is 5.10 Å². The molecule has 0 saturated carbocycles. The van der Waals surface area contributed by atoms with Crippen LogP contribution in [0.15, 0.2) is 70.5 Å². The van der Waals surface area contributed by atoms with Crippen molar-refractivity contribution in [1.29, 1.82) is 0 Å². The van der Waals surface area contributed by atoms with Gasteiger partial charge >= 0.3 is 0 Å². The van der Waals surface area contributed by atoms with Crippen LogP contribution in [0, 0.1) is 6.92 Å². The van der Waals surface area contributed by atoms with Gasteiger partial charge in [-0.05, 0) is 70.7 Å². The Kier molecular flexibility index (Phi) is 7.57. The molecular weight excluding hydrogens is 446 g/mol. The van der Waals surface area contributed by atoms with Crippen LogP contribution >= 0.6 is 15.9 Å². The predicted octanol–water partition coefficient (Wildman–Crippen LogP) is 4.89. The highest BCUT2D eigenvalue weighted by molar-refractivity contribution is 9.10. The maximum Gasteiger partial charge on any atom is 0.271 e. The van der Waals surface area contributed by atoms with E-state index >= 15 is 0 Å². The molecule has 30 heavy (non-hydrogen) atoms. The van der Waals surface area contributed by atoms with Crippen LogP contribution in [-0.2, 0) is 6.61 Å². The fraction of sp³-hybridized carbons (Fsp3) is 0.174. The molecule has 0 aliphatic rings. The Morgan fingerprint density at radius 1 is 1.17 bits per heavy atom. The Hall–Kier alpha value is -3.19. The highest BCUT2D eigenvalue weighted by Crippen LogP contribution is 2.37. The summed E-state index contributed by atoms with van der Waals surface area (Å²) in [6.07, 6.45) is 4.66. The second-order valence-corrected chi connectivity index (χ2v) is 7.27. The Labute approximate surface area is 184 Å². The summed E-state index contributed by atoms with van der Waals surface area (Å²) in [6, 6.07) is 15.0. The monoisotopic (exact) mass is 467 g/mol. The van der Waals surface area contributed by atoms with Gasteiger partial charge in [-0.25, -0.2) is 5.43 Å². The van der Waals surface area contributed by atoms with E-state index in [4.69, 9.17) is 9.47 Å². The van der Waals surface area contributed by atoms with E-state index in [-0.39, 0.29) is 5.91 Å². The normalized spacial score (nSPS) is 10.8. The SMILES string of the molecule is CCOc1cc(C=NNC(=O)c2ccncc2)cc(Br)c1OCc1ccccc1C. The number of aromatic nitrogens is 1. The Morgan fingerprint density at radius 3 is 2.67 bits per heavy atom. The number of hydrazone groups is 1. The Bertz CT molecular complexity index is 1040. The van der Waals surface area contributed by atoms with E-state index in [9.17, 15) is 4.79 Å². The molecule has 0 unspecified atom stereocenters. The number of carbonyl (C=O) groups excluding carboxylic acids is 1. The molecule has 0 bridgehead atoms. The van der Waals surface area contributed by atoms with E-state index < -0.39 is 0 Å². The lowest BCUT2D eigenvalue weighted by atomic mass is 10.1. The maximum absolute atomic E-state index is 12.1. The molecule has 3 aromatic rings. The minimum absolute atomic E-state index is 0.309. The fourth-order valence-electron chi connectivity index (χ4n) is 2.72. The molecule has 1 heterocycles. The number of pyridine rings is 1. The first-order valence-electron chi connectivity index (χ1n) is 9.45. The van der Waals surface area contributed by atoms with Gasteiger partial charge in [-0.15, -0.1) is 0 Å². The average Bonchev–Trinajstić information content (AvgIpc) is 2.75. The molecule has 1 amide bonds. The van der Waals surface area contributed by atoms with Crippen LogP contribution in [0.4, 0.5) is 0 Å². The molecule has 0 spiro atoms. The van der Waals surface area contributed by atoms with Gasteiger partial charge in [0, 0.05) is 18.0 Å². The molecule has 0 aliphatic carbocycles. The molecule has 0 fully saturated rings. The van der Waals surface area contributed by atoms with Gasteiger partial charge in [-0.2, -0.15) is 5.10 Å². The number of hydrogen-bond donors (Lipinski definition) is 1. The lowest BCUT2D eigenvalue weighted by Gasteiger charge is -2.15. The van der Waals surface area contributed by atoms with Crippen LogP contribution < -0.4 is 14.9 Å². The maximum atomic E-state index is 12.1. The molecular formula is C23H22BrN3O3. The van der Waals surface area contributed by atoms with Gasteiger partial charge in [0.15, 0.2) is 11.5 Å². The van der Waals surface area contributed by atoms with Crippen molar-refractivity contribution in [1.82, 2.24) is 10.4 Å². The second kappa shape index (κ2) is 10.5. The average molecular weight is 468 g/mol. The zero-order chi connectivity index (χ0) is 21.3. The Balaban J connectivity index is 1.73. The number of aryl methyl sites for hydroxylation is 1. The number of nitrogens with zero attached hydrogens (tertiary/aromatic N) is 2. The van der Waals surface area contributed by atoms with Crippen LogP contribution in [-0.4, -0.2) is 23.7 Å². The van der Waals surface area contributed by atoms with E-state index in [1.54, 1.807) is 30.7 Å². The van der Waals surface area contributed by atoms with E-state index in [2.05, 4.69) is 44.4 Å². The lowest BCUT2D eigenvalue weighted by molar-refractivity contribution is 0.0955. The molecule has 6 nitrogen and oxygen atoms in total. The first-order chi connectivity index (χ1) is 14.6. The van der Waals surface area contributed by atoms with Crippen molar-refractivity contribution in [3.8, 4) is 11.5 Å². The molecule has 2 aromatic carbocycles. The van der Waals surface area contributed by atoms with E-state index in [0.29, 0.717) is 30.3 Å². The van der Waals surface area contributed by atoms with E-state index in [1.165, 1.54) is 5.56 Å². The first-order valence-corrected chi connectivity index (χ1v) is 10.2. The summed E-state index contributed by atoms with van der Waals surface area (Å²) >= 11 is 3.56. The highest BCUT2D eigenvalue weighted by atomic mass is 79.9. The number of rotatable bonds is 8. The topological polar surface area (TPSA) is 72.8 Å². The quantitative estimate of drug-likeness (QED) is 0.377. The number of amides is 1. The van der Waals surface area contributed by atoms with Gasteiger partial charge < -0.3 is 9.47 Å². The zero-order valence-corrected chi connectivity index (χ0v) is 18.3. The number of hydrogen-bond acceptors (Lipinski definition) is 5. The molecule has 0 radical (unpaired) electrons. The van der Waals surface area contributed by atoms with Crippen molar-refractivity contribution >= 4 is 28.1 Å². The highest BCUT2D eigenvalue weighted by Gasteiger charge is 2.13. The van der Waals surface area contributed by atoms with Gasteiger partial charge in [-0.3, -0.25) is 9.78 Å². The van der Waals surface area contributed by atoms with Crippen molar-refractivity contribution in [2.75, 3.05) is 6.61 Å². The summed E-state index contributed by atoms with van der Waals surface area (Å²) in [5, 5.41) is 4.03. The summed E-state index contributed by atoms with van der Waals surface area (Å²) in [5.41, 5.74) is 6.01. The van der Waals surface area contributed by atoms with Gasteiger partial charge in [0.25, 0.3) is 5.91 Å². The third kappa shape index (κ3) is 5.67. The number of nitrogens with one attached hydrogen (secondary N) is 1. The van der Waals surface area contributed by atoms with Crippen LogP contribution in [0.25, 0.3) is 0 Å². The smallest absolute Gasteiger partial charge is 0.271 e. The van der Waals surface area contributed by atoms with Crippen molar-refractivity contribution < 1.29 is 14.3 Å². The molecule has 0 atom stereocenters. The molecule has 154 valence electrons. The number of halogens is 1. The van der Waals surface area contributed by atoms with Gasteiger partial charge in [0.2, 0.25) is 0 Å². The number of ether oxygens (including phenoxy) is 2. The van der Waals surface area contributed by atoms with Gasteiger partial charge in [0.1, 0.15) is 6.61 Å². The van der Waals surface area contributed by atoms with E-state index in [0.717, 1.165) is 15.6 Å². The lowest BCUT2D eigenvalue weighted by Crippen LogP contribution is -2.17. The summed E-state index contributed by atoms with van der Waals surface area (Å²) in [6.45, 7) is 4.89. The standard InChI is InChI=1S/C23H22BrN3O3/c1-3-29-21-13-17(14-26-27-23(28)18-8-10-25-11-9-18)12-20(24)22(21)30-15-19-7-5-4-6-16(19)2/h4-14H,3,15H2,1-2H3,(H,27,28). The third-order valence-electron chi connectivity index (χ3n) is 4.29. The second-order valence-electron chi connectivity index (χ2n) is 6.41. The molecule has 1 N–H and O–H groups in total. The van der Waals surface area contributed by atoms with Crippen molar-refractivity contribution in [3.63, 3.8) is 0 Å². The predicted molar refractivity (Wildman–Crippen MR) is 120 cm³/mol. The van der Waals surface area contributed by atoms with Crippen LogP contribution in [0.1, 0.15) is 34.0 Å². The van der Waals surface area contributed by atoms with Crippen molar-refractivity contribution in [3.05, 3.63) is 87.7 Å². The first kappa shape index (κ1) is 21.5. The summed E-state index contributed by atoms with van der Waals surface area (Å²) in [4.78, 5) is 16.0. The number of benzene rings is 2. The van der Waals surface area contributed by atoms with Crippen LogP contribution in [0.5, 0.6) is 11.5 Å². The number of carbonyl (C=O) groups is 1. The molecule has 3 rings (SSSR count). The molecule has 7 heteroatoms. The Morgan fingerprint density at radius 2 is 1.93 bits per heavy atom. The van der Waals surface area contributed by atoms with Gasteiger partial charge in [0.05, 0.1) is 17.3 Å². The van der Waals surface area contributed by atoms with Crippen molar-refractivity contribution in [2.45, 2.75) is 20.5 Å². The van der Waals surface area contributed by atoms with Crippen LogP contribution in [0.2, 0.25) is 0 Å². The molecule has 0 aliphatic heterocycles. The van der Waals surface area contributed by atoms with Gasteiger partial charge in [-0.1, -0.05) is 24.3 Å². The van der Waals surface area contributed by atoms with E-state index in [1.807, 2.05) is 37.3 Å². The fourth-order valence-corrected chi connectivity index (χ4v) is 3.29. The molecule has 0 saturated heterocycles. The summed E-state index contributed by atoms with van der Waals surface area (Å²) in [5.74, 6) is 0.913. The minimum Gasteiger partial charge on any atom is -0.490 e.